The molecule has 2 rings (SSSR count). The molecule has 0 aliphatic heterocycles. The maximum Gasteiger partial charge on any atom is 0.241 e. The van der Waals surface area contributed by atoms with Crippen molar-refractivity contribution >= 4 is 21.6 Å². The number of anilines is 1. The maximum absolute atomic E-state index is 12.4. The second-order valence-electron chi connectivity index (χ2n) is 5.64. The third-order valence-corrected chi connectivity index (χ3v) is 4.84. The number of hydrogen-bond acceptors (Lipinski definition) is 4. The van der Waals surface area contributed by atoms with Crippen LogP contribution < -0.4 is 14.4 Å². The number of nitrogens with zero attached hydrogens (tertiary/aromatic N) is 1. The highest BCUT2D eigenvalue weighted by atomic mass is 32.2. The molecule has 7 heteroatoms. The lowest BCUT2D eigenvalue weighted by Crippen LogP contribution is -2.41. The summed E-state index contributed by atoms with van der Waals surface area (Å²) in [5, 5.41) is 2.82. The Hall–Kier alpha value is -2.54. The van der Waals surface area contributed by atoms with Crippen molar-refractivity contribution in [1.29, 1.82) is 0 Å². The molecule has 1 atom stereocenters. The second-order valence-corrected chi connectivity index (χ2v) is 7.55. The van der Waals surface area contributed by atoms with Crippen LogP contribution in [0.1, 0.15) is 18.5 Å². The molecule has 0 heterocycles. The topological polar surface area (TPSA) is 75.7 Å². The van der Waals surface area contributed by atoms with Crippen LogP contribution in [0.4, 0.5) is 5.69 Å². The molecular weight excluding hydrogens is 340 g/mol. The molecule has 0 saturated carbocycles. The number of carbonyl (C=O) groups is 1. The standard InChI is InChI=1S/C18H22N2O4S/c1-14(15-9-5-4-6-10-15)19-18(21)13-20(25(3,22)23)16-11-7-8-12-17(16)24-2/h4-12,14H,13H2,1-3H3,(H,19,21). The molecule has 6 nitrogen and oxygen atoms in total. The van der Waals surface area contributed by atoms with Gasteiger partial charge in [0.1, 0.15) is 12.3 Å². The van der Waals surface area contributed by atoms with E-state index in [2.05, 4.69) is 5.32 Å². The number of sulfonamides is 1. The highest BCUT2D eigenvalue weighted by molar-refractivity contribution is 7.92. The molecule has 2 aromatic carbocycles. The van der Waals surface area contributed by atoms with Gasteiger partial charge in [0, 0.05) is 0 Å². The predicted octanol–water partition coefficient (Wildman–Crippen LogP) is 2.34. The van der Waals surface area contributed by atoms with E-state index in [1.54, 1.807) is 24.3 Å². The lowest BCUT2D eigenvalue weighted by atomic mass is 10.1. The minimum absolute atomic E-state index is 0.229. The first kappa shape index (κ1) is 18.8. The van der Waals surface area contributed by atoms with Crippen LogP contribution in [-0.2, 0) is 14.8 Å². The Morgan fingerprint density at radius 1 is 1.12 bits per heavy atom. The number of para-hydroxylation sites is 2. The molecule has 25 heavy (non-hydrogen) atoms. The molecule has 1 amide bonds. The number of hydrogen-bond donors (Lipinski definition) is 1. The Kier molecular flexibility index (Phi) is 6.03. The average Bonchev–Trinajstić information content (AvgIpc) is 2.59. The van der Waals surface area contributed by atoms with Crippen LogP contribution in [0.3, 0.4) is 0 Å². The predicted molar refractivity (Wildman–Crippen MR) is 98.2 cm³/mol. The first-order valence-electron chi connectivity index (χ1n) is 7.78. The molecule has 0 aromatic heterocycles. The number of amides is 1. The first-order chi connectivity index (χ1) is 11.8. The van der Waals surface area contributed by atoms with Gasteiger partial charge in [-0.3, -0.25) is 9.10 Å². The molecule has 0 spiro atoms. The van der Waals surface area contributed by atoms with E-state index >= 15 is 0 Å². The molecule has 0 saturated heterocycles. The van der Waals surface area contributed by atoms with E-state index in [1.165, 1.54) is 7.11 Å². The Morgan fingerprint density at radius 2 is 1.72 bits per heavy atom. The van der Waals surface area contributed by atoms with E-state index in [9.17, 15) is 13.2 Å². The van der Waals surface area contributed by atoms with Crippen molar-refractivity contribution < 1.29 is 17.9 Å². The Balaban J connectivity index is 2.19. The summed E-state index contributed by atoms with van der Waals surface area (Å²) in [6.45, 7) is 1.53. The number of methoxy groups -OCH3 is 1. The number of nitrogens with one attached hydrogen (secondary N) is 1. The third-order valence-electron chi connectivity index (χ3n) is 3.72. The molecule has 0 radical (unpaired) electrons. The van der Waals surface area contributed by atoms with Crippen molar-refractivity contribution in [1.82, 2.24) is 5.32 Å². The van der Waals surface area contributed by atoms with Crippen molar-refractivity contribution in [3.8, 4) is 5.75 Å². The summed E-state index contributed by atoms with van der Waals surface area (Å²) in [6, 6.07) is 15.9. The smallest absolute Gasteiger partial charge is 0.241 e. The monoisotopic (exact) mass is 362 g/mol. The van der Waals surface area contributed by atoms with Crippen LogP contribution >= 0.6 is 0 Å². The highest BCUT2D eigenvalue weighted by Gasteiger charge is 2.24. The first-order valence-corrected chi connectivity index (χ1v) is 9.63. The zero-order chi connectivity index (χ0) is 18.4. The van der Waals surface area contributed by atoms with Crippen LogP contribution in [0.25, 0.3) is 0 Å². The summed E-state index contributed by atoms with van der Waals surface area (Å²) in [6.07, 6.45) is 1.06. The van der Waals surface area contributed by atoms with Crippen LogP contribution in [0, 0.1) is 0 Å². The quantitative estimate of drug-likeness (QED) is 0.820. The molecule has 1 unspecified atom stereocenters. The summed E-state index contributed by atoms with van der Waals surface area (Å²) in [4.78, 5) is 12.4. The lowest BCUT2D eigenvalue weighted by Gasteiger charge is -2.24. The Morgan fingerprint density at radius 3 is 2.32 bits per heavy atom. The minimum atomic E-state index is -3.65. The fraction of sp³-hybridized carbons (Fsp3) is 0.278. The van der Waals surface area contributed by atoms with Crippen LogP contribution in [0.15, 0.2) is 54.6 Å². The lowest BCUT2D eigenvalue weighted by molar-refractivity contribution is -0.120. The number of carbonyl (C=O) groups excluding carboxylic acids is 1. The zero-order valence-corrected chi connectivity index (χ0v) is 15.3. The fourth-order valence-corrected chi connectivity index (χ4v) is 3.32. The van der Waals surface area contributed by atoms with Gasteiger partial charge in [0.05, 0.1) is 25.1 Å². The van der Waals surface area contributed by atoms with Crippen molar-refractivity contribution in [2.45, 2.75) is 13.0 Å². The van der Waals surface area contributed by atoms with Crippen LogP contribution in [0.5, 0.6) is 5.75 Å². The van der Waals surface area contributed by atoms with Gasteiger partial charge in [-0.1, -0.05) is 42.5 Å². The SMILES string of the molecule is COc1ccccc1N(CC(=O)NC(C)c1ccccc1)S(C)(=O)=O. The molecule has 2 aromatic rings. The molecule has 0 fully saturated rings. The summed E-state index contributed by atoms with van der Waals surface area (Å²) >= 11 is 0. The van der Waals surface area contributed by atoms with E-state index in [4.69, 9.17) is 4.74 Å². The van der Waals surface area contributed by atoms with Gasteiger partial charge >= 0.3 is 0 Å². The molecule has 0 aliphatic rings. The van der Waals surface area contributed by atoms with Crippen LogP contribution in [0.2, 0.25) is 0 Å². The molecule has 0 aliphatic carbocycles. The largest absolute Gasteiger partial charge is 0.495 e. The maximum atomic E-state index is 12.4. The van der Waals surface area contributed by atoms with Gasteiger partial charge in [0.25, 0.3) is 0 Å². The average molecular weight is 362 g/mol. The van der Waals surface area contributed by atoms with E-state index in [1.807, 2.05) is 37.3 Å². The highest BCUT2D eigenvalue weighted by Crippen LogP contribution is 2.29. The van der Waals surface area contributed by atoms with E-state index in [0.29, 0.717) is 11.4 Å². The van der Waals surface area contributed by atoms with Gasteiger partial charge in [0.15, 0.2) is 0 Å². The molecule has 134 valence electrons. The number of benzene rings is 2. The zero-order valence-electron chi connectivity index (χ0n) is 14.5. The summed E-state index contributed by atoms with van der Waals surface area (Å²) in [5.41, 5.74) is 1.27. The fourth-order valence-electron chi connectivity index (χ4n) is 2.46. The van der Waals surface area contributed by atoms with Crippen molar-refractivity contribution in [3.63, 3.8) is 0 Å². The van der Waals surface area contributed by atoms with Gasteiger partial charge < -0.3 is 10.1 Å². The van der Waals surface area contributed by atoms with E-state index < -0.39 is 15.9 Å². The van der Waals surface area contributed by atoms with Gasteiger partial charge in [-0.05, 0) is 24.6 Å². The third kappa shape index (κ3) is 4.96. The molecule has 0 bridgehead atoms. The minimum Gasteiger partial charge on any atom is -0.495 e. The molecule has 1 N–H and O–H groups in total. The summed E-state index contributed by atoms with van der Waals surface area (Å²) < 4.78 is 30.6. The van der Waals surface area contributed by atoms with Gasteiger partial charge in [0.2, 0.25) is 15.9 Å². The van der Waals surface area contributed by atoms with E-state index in [-0.39, 0.29) is 12.6 Å². The second kappa shape index (κ2) is 8.02. The Bertz CT molecular complexity index is 822. The number of rotatable bonds is 7. The Labute approximate surface area is 148 Å². The van der Waals surface area contributed by atoms with Gasteiger partial charge in [-0.25, -0.2) is 8.42 Å². The van der Waals surface area contributed by atoms with Gasteiger partial charge in [-0.2, -0.15) is 0 Å². The summed E-state index contributed by atoms with van der Waals surface area (Å²) in [5.74, 6) is -0.00971. The molecular formula is C18H22N2O4S. The normalized spacial score (nSPS) is 12.3. The number of ether oxygens (including phenoxy) is 1. The van der Waals surface area contributed by atoms with Crippen molar-refractivity contribution in [2.24, 2.45) is 0 Å². The van der Waals surface area contributed by atoms with Gasteiger partial charge in [-0.15, -0.1) is 0 Å². The van der Waals surface area contributed by atoms with E-state index in [0.717, 1.165) is 16.1 Å². The van der Waals surface area contributed by atoms with Crippen molar-refractivity contribution in [2.75, 3.05) is 24.2 Å². The van der Waals surface area contributed by atoms with Crippen LogP contribution in [-0.4, -0.2) is 34.2 Å². The summed E-state index contributed by atoms with van der Waals surface area (Å²) in [7, 11) is -2.20. The van der Waals surface area contributed by atoms with Crippen molar-refractivity contribution in [3.05, 3.63) is 60.2 Å².